The number of alkyl carbamates (subject to hydrolysis) is 1. The van der Waals surface area contributed by atoms with E-state index in [1.165, 1.54) is 0 Å². The van der Waals surface area contributed by atoms with Crippen molar-refractivity contribution >= 4 is 18.0 Å². The van der Waals surface area contributed by atoms with Crippen molar-refractivity contribution in [3.8, 4) is 11.1 Å². The molecule has 7 nitrogen and oxygen atoms in total. The molecular formula is C27H34N2O5. The van der Waals surface area contributed by atoms with E-state index in [-0.39, 0.29) is 36.3 Å². The molecule has 1 aliphatic rings. The lowest BCUT2D eigenvalue weighted by molar-refractivity contribution is -0.137. The average molecular weight is 467 g/mol. The Kier molecular flexibility index (Phi) is 7.97. The Hall–Kier alpha value is -3.35. The predicted molar refractivity (Wildman–Crippen MR) is 131 cm³/mol. The van der Waals surface area contributed by atoms with Crippen molar-refractivity contribution in [2.75, 3.05) is 6.61 Å². The molecule has 0 spiro atoms. The van der Waals surface area contributed by atoms with Crippen LogP contribution in [0.15, 0.2) is 48.5 Å². The molecule has 1 aliphatic carbocycles. The van der Waals surface area contributed by atoms with E-state index in [1.807, 2.05) is 45.0 Å². The van der Waals surface area contributed by atoms with Crippen LogP contribution in [0, 0.1) is 5.41 Å². The molecule has 0 aliphatic heterocycles. The van der Waals surface area contributed by atoms with E-state index in [9.17, 15) is 14.4 Å². The Labute approximate surface area is 200 Å². The predicted octanol–water partition coefficient (Wildman–Crippen LogP) is 4.70. The zero-order valence-electron chi connectivity index (χ0n) is 20.3. The van der Waals surface area contributed by atoms with Crippen LogP contribution in [0.25, 0.3) is 11.1 Å². The summed E-state index contributed by atoms with van der Waals surface area (Å²) >= 11 is 0. The second-order valence-electron chi connectivity index (χ2n) is 10.1. The van der Waals surface area contributed by atoms with Crippen LogP contribution in [-0.2, 0) is 14.3 Å². The van der Waals surface area contributed by atoms with Gasteiger partial charge in [-0.2, -0.15) is 0 Å². The van der Waals surface area contributed by atoms with Crippen LogP contribution in [0.3, 0.4) is 0 Å². The maximum atomic E-state index is 12.9. The fraction of sp³-hybridized carbons (Fsp3) is 0.444. The molecule has 0 saturated heterocycles. The SMILES string of the molecule is CC(CCC(=O)O)NC(=O)C(CC(C)(C)C)NC(=O)OCC1c2ccccc2-c2ccccc21. The topological polar surface area (TPSA) is 105 Å². The van der Waals surface area contributed by atoms with Gasteiger partial charge in [-0.25, -0.2) is 4.79 Å². The first-order chi connectivity index (χ1) is 16.0. The smallest absolute Gasteiger partial charge is 0.407 e. The van der Waals surface area contributed by atoms with Crippen LogP contribution in [0.2, 0.25) is 0 Å². The quantitative estimate of drug-likeness (QED) is 0.497. The highest BCUT2D eigenvalue weighted by atomic mass is 16.5. The second kappa shape index (κ2) is 10.7. The molecule has 2 aromatic carbocycles. The third-order valence-corrected chi connectivity index (χ3v) is 5.95. The van der Waals surface area contributed by atoms with Crippen LogP contribution < -0.4 is 10.6 Å². The summed E-state index contributed by atoms with van der Waals surface area (Å²) in [6, 6.07) is 15.1. The summed E-state index contributed by atoms with van der Waals surface area (Å²) in [6.07, 6.45) is 0.0400. The van der Waals surface area contributed by atoms with Gasteiger partial charge in [-0.15, -0.1) is 0 Å². The molecular weight excluding hydrogens is 432 g/mol. The third-order valence-electron chi connectivity index (χ3n) is 5.95. The highest BCUT2D eigenvalue weighted by Gasteiger charge is 2.31. The summed E-state index contributed by atoms with van der Waals surface area (Å²) in [5.41, 5.74) is 4.31. The lowest BCUT2D eigenvalue weighted by atomic mass is 9.87. The van der Waals surface area contributed by atoms with Crippen molar-refractivity contribution in [1.82, 2.24) is 10.6 Å². The molecule has 2 aromatic rings. The van der Waals surface area contributed by atoms with Gasteiger partial charge in [-0.3, -0.25) is 9.59 Å². The van der Waals surface area contributed by atoms with E-state index < -0.39 is 18.1 Å². The molecule has 182 valence electrons. The number of hydrogen-bond acceptors (Lipinski definition) is 4. The molecule has 3 rings (SSSR count). The van der Waals surface area contributed by atoms with Crippen molar-refractivity contribution in [2.45, 2.75) is 65.0 Å². The lowest BCUT2D eigenvalue weighted by Crippen LogP contribution is -2.50. The fourth-order valence-electron chi connectivity index (χ4n) is 4.36. The standard InChI is InChI=1S/C27H34N2O5/c1-17(13-14-24(30)31)28-25(32)23(15-27(2,3)4)29-26(33)34-16-22-20-11-7-5-9-18(20)19-10-6-8-12-21(19)22/h5-12,17,22-23H,13-16H2,1-4H3,(H,28,32)(H,29,33)(H,30,31). The normalized spacial score (nSPS) is 14.5. The molecule has 0 fully saturated rings. The molecule has 0 bridgehead atoms. The minimum Gasteiger partial charge on any atom is -0.481 e. The molecule has 0 radical (unpaired) electrons. The number of amides is 2. The van der Waals surface area contributed by atoms with Gasteiger partial charge < -0.3 is 20.5 Å². The molecule has 34 heavy (non-hydrogen) atoms. The van der Waals surface area contributed by atoms with Crippen molar-refractivity contribution in [1.29, 1.82) is 0 Å². The number of ether oxygens (including phenoxy) is 1. The van der Waals surface area contributed by atoms with Gasteiger partial charge in [0.1, 0.15) is 12.6 Å². The Balaban J connectivity index is 1.64. The highest BCUT2D eigenvalue weighted by molar-refractivity contribution is 5.86. The summed E-state index contributed by atoms with van der Waals surface area (Å²) in [6.45, 7) is 7.88. The monoisotopic (exact) mass is 466 g/mol. The van der Waals surface area contributed by atoms with Gasteiger partial charge in [-0.1, -0.05) is 69.3 Å². The number of hydrogen-bond donors (Lipinski definition) is 3. The first-order valence-corrected chi connectivity index (χ1v) is 11.7. The first-order valence-electron chi connectivity index (χ1n) is 11.7. The molecule has 3 N–H and O–H groups in total. The van der Waals surface area contributed by atoms with Crippen molar-refractivity contribution in [3.05, 3.63) is 59.7 Å². The Morgan fingerprint density at radius 2 is 1.53 bits per heavy atom. The number of carbonyl (C=O) groups excluding carboxylic acids is 2. The summed E-state index contributed by atoms with van der Waals surface area (Å²) < 4.78 is 5.61. The number of fused-ring (bicyclic) bond motifs is 3. The van der Waals surface area contributed by atoms with Gasteiger partial charge in [0.05, 0.1) is 0 Å². The summed E-state index contributed by atoms with van der Waals surface area (Å²) in [5.74, 6) is -1.32. The van der Waals surface area contributed by atoms with Gasteiger partial charge in [0.2, 0.25) is 5.91 Å². The van der Waals surface area contributed by atoms with Gasteiger partial charge in [0.25, 0.3) is 0 Å². The van der Waals surface area contributed by atoms with Crippen LogP contribution in [0.5, 0.6) is 0 Å². The van der Waals surface area contributed by atoms with Crippen LogP contribution in [-0.4, -0.2) is 41.8 Å². The first kappa shape index (κ1) is 25.3. The molecule has 2 amide bonds. The van der Waals surface area contributed by atoms with Crippen LogP contribution in [0.1, 0.15) is 64.0 Å². The number of carboxylic acids is 1. The largest absolute Gasteiger partial charge is 0.481 e. The summed E-state index contributed by atoms with van der Waals surface area (Å²) in [5, 5.41) is 14.4. The number of rotatable bonds is 9. The van der Waals surface area contributed by atoms with E-state index in [1.54, 1.807) is 6.92 Å². The van der Waals surface area contributed by atoms with E-state index >= 15 is 0 Å². The number of carboxylic acid groups (broad SMARTS) is 1. The Morgan fingerprint density at radius 3 is 2.06 bits per heavy atom. The number of benzene rings is 2. The Morgan fingerprint density at radius 1 is 0.971 bits per heavy atom. The molecule has 2 atom stereocenters. The van der Waals surface area contributed by atoms with Gasteiger partial charge in [-0.05, 0) is 47.4 Å². The number of nitrogens with one attached hydrogen (secondary N) is 2. The van der Waals surface area contributed by atoms with E-state index in [0.29, 0.717) is 12.8 Å². The zero-order chi connectivity index (χ0) is 24.9. The van der Waals surface area contributed by atoms with Gasteiger partial charge >= 0.3 is 12.1 Å². The minimum atomic E-state index is -0.913. The molecule has 2 unspecified atom stereocenters. The van der Waals surface area contributed by atoms with E-state index in [2.05, 4.69) is 34.9 Å². The molecule has 0 heterocycles. The van der Waals surface area contributed by atoms with Crippen molar-refractivity contribution in [2.24, 2.45) is 5.41 Å². The van der Waals surface area contributed by atoms with E-state index in [4.69, 9.17) is 9.84 Å². The number of aliphatic carboxylic acids is 1. The summed E-state index contributed by atoms with van der Waals surface area (Å²) in [4.78, 5) is 36.4. The molecule has 0 aromatic heterocycles. The van der Waals surface area contributed by atoms with Crippen molar-refractivity contribution in [3.63, 3.8) is 0 Å². The fourth-order valence-corrected chi connectivity index (χ4v) is 4.36. The molecule has 0 saturated carbocycles. The van der Waals surface area contributed by atoms with Crippen LogP contribution in [0.4, 0.5) is 4.79 Å². The maximum Gasteiger partial charge on any atom is 0.407 e. The third kappa shape index (κ3) is 6.59. The number of carbonyl (C=O) groups is 3. The second-order valence-corrected chi connectivity index (χ2v) is 10.1. The van der Waals surface area contributed by atoms with Crippen LogP contribution >= 0.6 is 0 Å². The van der Waals surface area contributed by atoms with Crippen molar-refractivity contribution < 1.29 is 24.2 Å². The lowest BCUT2D eigenvalue weighted by Gasteiger charge is -2.27. The van der Waals surface area contributed by atoms with E-state index in [0.717, 1.165) is 22.3 Å². The summed E-state index contributed by atoms with van der Waals surface area (Å²) in [7, 11) is 0. The van der Waals surface area contributed by atoms with Gasteiger partial charge in [0.15, 0.2) is 0 Å². The Bertz CT molecular complexity index is 998. The minimum absolute atomic E-state index is 0.0365. The van der Waals surface area contributed by atoms with Gasteiger partial charge in [0, 0.05) is 18.4 Å². The average Bonchev–Trinajstić information content (AvgIpc) is 3.08. The molecule has 7 heteroatoms. The zero-order valence-corrected chi connectivity index (χ0v) is 20.3. The maximum absolute atomic E-state index is 12.9. The highest BCUT2D eigenvalue weighted by Crippen LogP contribution is 2.44.